The van der Waals surface area contributed by atoms with Gasteiger partial charge in [0.1, 0.15) is 12.3 Å². The summed E-state index contributed by atoms with van der Waals surface area (Å²) in [5, 5.41) is 18.3. The molecular formula is C26H36BIN4O5. The second-order valence-electron chi connectivity index (χ2n) is 9.81. The Balaban J connectivity index is 1.60. The first kappa shape index (κ1) is 29.4. The molecule has 11 heteroatoms. The number of benzene rings is 1. The third kappa shape index (κ3) is 7.67. The van der Waals surface area contributed by atoms with Crippen molar-refractivity contribution in [3.63, 3.8) is 0 Å². The monoisotopic (exact) mass is 622 g/mol. The highest BCUT2D eigenvalue weighted by atomic mass is 127. The normalized spacial score (nSPS) is 20.9. The molecule has 37 heavy (non-hydrogen) atoms. The number of aliphatic hydroxyl groups is 1. The molecule has 0 spiro atoms. The van der Waals surface area contributed by atoms with Gasteiger partial charge in [-0.3, -0.25) is 4.79 Å². The lowest BCUT2D eigenvalue weighted by Crippen LogP contribution is -2.44. The van der Waals surface area contributed by atoms with E-state index in [1.165, 1.54) is 11.2 Å². The number of hydrazone groups is 1. The molecule has 1 aromatic carbocycles. The highest BCUT2D eigenvalue weighted by Crippen LogP contribution is 2.39. The zero-order valence-electron chi connectivity index (χ0n) is 21.9. The third-order valence-corrected chi connectivity index (χ3v) is 7.44. The van der Waals surface area contributed by atoms with Gasteiger partial charge >= 0.3 is 7.12 Å². The first-order valence-electron chi connectivity index (χ1n) is 12.3. The molecule has 0 saturated carbocycles. The summed E-state index contributed by atoms with van der Waals surface area (Å²) in [5.41, 5.74) is 7.04. The van der Waals surface area contributed by atoms with Crippen LogP contribution < -0.4 is 11.1 Å². The maximum Gasteiger partial charge on any atom is 0.490 e. The van der Waals surface area contributed by atoms with Crippen molar-refractivity contribution in [2.24, 2.45) is 10.8 Å². The van der Waals surface area contributed by atoms with Gasteiger partial charge in [-0.15, -0.1) is 0 Å². The Kier molecular flexibility index (Phi) is 10.4. The number of amidine groups is 1. The second kappa shape index (κ2) is 13.1. The van der Waals surface area contributed by atoms with Crippen molar-refractivity contribution in [1.82, 2.24) is 10.3 Å². The molecule has 2 aliphatic rings. The summed E-state index contributed by atoms with van der Waals surface area (Å²) in [4.78, 5) is 12.6. The summed E-state index contributed by atoms with van der Waals surface area (Å²) < 4.78 is 18.8. The van der Waals surface area contributed by atoms with Crippen LogP contribution in [-0.2, 0) is 25.4 Å². The molecule has 1 fully saturated rings. The molecule has 9 nitrogen and oxygen atoms in total. The molecule has 3 rings (SSSR count). The van der Waals surface area contributed by atoms with E-state index in [0.717, 1.165) is 21.2 Å². The van der Waals surface area contributed by atoms with Gasteiger partial charge in [-0.25, -0.2) is 5.01 Å². The van der Waals surface area contributed by atoms with Gasteiger partial charge in [-0.2, -0.15) is 5.10 Å². The fraction of sp³-hybridized carbons (Fsp3) is 0.462. The van der Waals surface area contributed by atoms with Crippen LogP contribution in [0.25, 0.3) is 0 Å². The van der Waals surface area contributed by atoms with E-state index >= 15 is 0 Å². The van der Waals surface area contributed by atoms with E-state index in [4.69, 9.17) is 19.8 Å². The average Bonchev–Trinajstić information content (AvgIpc) is 3.07. The van der Waals surface area contributed by atoms with Crippen molar-refractivity contribution in [2.75, 3.05) is 13.2 Å². The number of nitrogens with one attached hydrogen (secondary N) is 1. The second-order valence-corrected chi connectivity index (χ2v) is 10.9. The van der Waals surface area contributed by atoms with E-state index < -0.39 is 18.3 Å². The fourth-order valence-corrected chi connectivity index (χ4v) is 4.43. The van der Waals surface area contributed by atoms with E-state index in [1.807, 2.05) is 64.1 Å². The number of carbonyl (C=O) groups excluding carboxylic acids is 1. The maximum absolute atomic E-state index is 12.6. The van der Waals surface area contributed by atoms with Crippen molar-refractivity contribution in [2.45, 2.75) is 64.8 Å². The van der Waals surface area contributed by atoms with Crippen LogP contribution in [-0.4, -0.2) is 53.4 Å². The topological polar surface area (TPSA) is 119 Å². The molecule has 200 valence electrons. The van der Waals surface area contributed by atoms with Crippen LogP contribution in [0.4, 0.5) is 0 Å². The number of amides is 1. The highest BCUT2D eigenvalue weighted by Gasteiger charge is 2.52. The van der Waals surface area contributed by atoms with Crippen molar-refractivity contribution in [1.29, 1.82) is 0 Å². The summed E-state index contributed by atoms with van der Waals surface area (Å²) in [6, 6.07) is 9.79. The van der Waals surface area contributed by atoms with Gasteiger partial charge in [0.25, 0.3) is 5.91 Å². The molecule has 0 bridgehead atoms. The van der Waals surface area contributed by atoms with Crippen LogP contribution in [0.15, 0.2) is 68.7 Å². The van der Waals surface area contributed by atoms with Gasteiger partial charge in [-0.1, -0.05) is 42.5 Å². The molecule has 0 radical (unpaired) electrons. The first-order chi connectivity index (χ1) is 17.6. The van der Waals surface area contributed by atoms with E-state index in [2.05, 4.69) is 33.0 Å². The van der Waals surface area contributed by atoms with Gasteiger partial charge in [0.15, 0.2) is 5.84 Å². The molecular weight excluding hydrogens is 586 g/mol. The predicted octanol–water partition coefficient (Wildman–Crippen LogP) is 3.75. The molecule has 0 unspecified atom stereocenters. The van der Waals surface area contributed by atoms with Crippen LogP contribution in [0.5, 0.6) is 0 Å². The molecule has 0 aliphatic carbocycles. The number of carbonyl (C=O) groups is 1. The number of unbranched alkanes of at least 4 members (excludes halogenated alkanes) is 1. The van der Waals surface area contributed by atoms with E-state index in [-0.39, 0.29) is 24.8 Å². The fourth-order valence-electron chi connectivity index (χ4n) is 3.75. The Morgan fingerprint density at radius 3 is 2.49 bits per heavy atom. The summed E-state index contributed by atoms with van der Waals surface area (Å²) >= 11 is 2.15. The van der Waals surface area contributed by atoms with E-state index in [1.54, 1.807) is 6.08 Å². The lowest BCUT2D eigenvalue weighted by atomic mass is 9.75. The van der Waals surface area contributed by atoms with Gasteiger partial charge in [0.2, 0.25) is 0 Å². The maximum atomic E-state index is 12.6. The Labute approximate surface area is 233 Å². The Morgan fingerprint density at radius 2 is 1.86 bits per heavy atom. The van der Waals surface area contributed by atoms with Crippen LogP contribution in [0.1, 0.15) is 52.5 Å². The van der Waals surface area contributed by atoms with Crippen LogP contribution in [0.3, 0.4) is 0 Å². The van der Waals surface area contributed by atoms with Gasteiger partial charge in [-0.05, 0) is 80.6 Å². The number of rotatable bonds is 11. The van der Waals surface area contributed by atoms with E-state index in [9.17, 15) is 9.90 Å². The Bertz CT molecular complexity index is 1060. The molecule has 2 aliphatic heterocycles. The van der Waals surface area contributed by atoms with Crippen molar-refractivity contribution in [3.05, 3.63) is 69.1 Å². The number of hydrogen-bond acceptors (Lipinski definition) is 8. The van der Waals surface area contributed by atoms with Gasteiger partial charge < -0.3 is 30.2 Å². The minimum Gasteiger partial charge on any atom is -0.403 e. The average molecular weight is 622 g/mol. The van der Waals surface area contributed by atoms with E-state index in [0.29, 0.717) is 25.3 Å². The summed E-state index contributed by atoms with van der Waals surface area (Å²) in [6.45, 7) is 8.52. The number of nitrogens with two attached hydrogens (primary N) is 1. The van der Waals surface area contributed by atoms with Crippen LogP contribution in [0, 0.1) is 0 Å². The summed E-state index contributed by atoms with van der Waals surface area (Å²) in [7, 11) is -0.485. The third-order valence-electron chi connectivity index (χ3n) is 6.54. The summed E-state index contributed by atoms with van der Waals surface area (Å²) in [6.07, 6.45) is 7.20. The zero-order chi connectivity index (χ0) is 27.1. The number of nitrogens with zero attached hydrogens (tertiary/aromatic N) is 2. The van der Waals surface area contributed by atoms with Gasteiger partial charge in [0.05, 0.1) is 28.1 Å². The highest BCUT2D eigenvalue weighted by molar-refractivity contribution is 14.1. The number of halogens is 1. The lowest BCUT2D eigenvalue weighted by Gasteiger charge is -2.32. The molecule has 1 amide bonds. The largest absolute Gasteiger partial charge is 0.490 e. The molecule has 1 aromatic rings. The molecule has 1 saturated heterocycles. The van der Waals surface area contributed by atoms with Crippen molar-refractivity contribution in [3.8, 4) is 0 Å². The Hall–Kier alpha value is -2.19. The Morgan fingerprint density at radius 1 is 1.19 bits per heavy atom. The molecule has 0 atom stereocenters. The SMILES string of the molecule is CC1(C)OB(/C(=C/CO)CCC/C=C(\I)N2N=C(COCc3ccccc3)NC(=O)/C2=C/N)OC1(C)C. The standard InChI is InChI=1S/C26H36BIN4O5/c1-25(2)26(3,4)37-27(36-25)20(14-15-33)12-8-9-13-22(28)32-21(16-29)24(34)30-23(31-32)18-35-17-19-10-6-5-7-11-19/h5-7,10-11,13-14,16,33H,8-9,12,15,17-18,29H2,1-4H3,(H,30,31,34)/b20-14+,21-16-,22-13+. The molecule has 0 aromatic heterocycles. The molecule has 2 heterocycles. The van der Waals surface area contributed by atoms with Crippen LogP contribution >= 0.6 is 22.6 Å². The smallest absolute Gasteiger partial charge is 0.403 e. The van der Waals surface area contributed by atoms with Gasteiger partial charge in [0, 0.05) is 6.20 Å². The van der Waals surface area contributed by atoms with Crippen LogP contribution in [0.2, 0.25) is 0 Å². The van der Waals surface area contributed by atoms with Crippen molar-refractivity contribution >= 4 is 41.5 Å². The number of allylic oxidation sites excluding steroid dienone is 2. The zero-order valence-corrected chi connectivity index (χ0v) is 24.0. The minimum atomic E-state index is -0.485. The predicted molar refractivity (Wildman–Crippen MR) is 153 cm³/mol. The minimum absolute atomic E-state index is 0.0792. The number of hydrogen-bond donors (Lipinski definition) is 3. The number of ether oxygens (including phenoxy) is 1. The van der Waals surface area contributed by atoms with Crippen molar-refractivity contribution < 1.29 is 23.9 Å². The molecule has 4 N–H and O–H groups in total. The first-order valence-corrected chi connectivity index (χ1v) is 13.4. The lowest BCUT2D eigenvalue weighted by molar-refractivity contribution is -0.118. The number of aliphatic hydroxyl groups excluding tert-OH is 1. The quantitative estimate of drug-likeness (QED) is 0.113. The summed E-state index contributed by atoms with van der Waals surface area (Å²) in [5.74, 6) is 0.0651.